The summed E-state index contributed by atoms with van der Waals surface area (Å²) in [6, 6.07) is 1.94. The zero-order chi connectivity index (χ0) is 7.40. The van der Waals surface area contributed by atoms with E-state index < -0.39 is 0 Å². The van der Waals surface area contributed by atoms with Gasteiger partial charge in [-0.3, -0.25) is 0 Å². The Morgan fingerprint density at radius 1 is 1.70 bits per heavy atom. The highest BCUT2D eigenvalue weighted by Gasteiger charge is 1.94. The van der Waals surface area contributed by atoms with Crippen LogP contribution in [0.2, 0.25) is 0 Å². The molecule has 1 aromatic rings. The second kappa shape index (κ2) is 3.77. The summed E-state index contributed by atoms with van der Waals surface area (Å²) in [5.74, 6) is 5.39. The van der Waals surface area contributed by atoms with Gasteiger partial charge < -0.3 is 5.11 Å². The first kappa shape index (κ1) is 7.80. The van der Waals surface area contributed by atoms with Gasteiger partial charge in [-0.05, 0) is 27.4 Å². The molecule has 3 heteroatoms. The zero-order valence-electron chi connectivity index (χ0n) is 5.10. The Morgan fingerprint density at radius 2 is 2.50 bits per heavy atom. The van der Waals surface area contributed by atoms with E-state index in [9.17, 15) is 0 Å². The molecular formula is C7H5BrOS. The van der Waals surface area contributed by atoms with Crippen molar-refractivity contribution in [3.63, 3.8) is 0 Å². The molecule has 10 heavy (non-hydrogen) atoms. The molecule has 52 valence electrons. The summed E-state index contributed by atoms with van der Waals surface area (Å²) >= 11 is 4.88. The van der Waals surface area contributed by atoms with Gasteiger partial charge in [0.15, 0.2) is 0 Å². The number of rotatable bonds is 0. The third-order valence-corrected chi connectivity index (χ3v) is 2.65. The molecule has 0 amide bonds. The maximum Gasteiger partial charge on any atom is 0.104 e. The fraction of sp³-hybridized carbons (Fsp3) is 0.143. The highest BCUT2D eigenvalue weighted by molar-refractivity contribution is 9.10. The van der Waals surface area contributed by atoms with Gasteiger partial charge in [-0.15, -0.1) is 11.3 Å². The van der Waals surface area contributed by atoms with Crippen molar-refractivity contribution in [2.45, 2.75) is 0 Å². The van der Waals surface area contributed by atoms with Crippen LogP contribution >= 0.6 is 27.3 Å². The first-order valence-corrected chi connectivity index (χ1v) is 4.34. The van der Waals surface area contributed by atoms with E-state index in [-0.39, 0.29) is 6.61 Å². The Bertz CT molecular complexity index is 269. The minimum atomic E-state index is -0.0790. The van der Waals surface area contributed by atoms with E-state index >= 15 is 0 Å². The second-order valence-electron chi connectivity index (χ2n) is 1.56. The summed E-state index contributed by atoms with van der Waals surface area (Å²) in [4.78, 5) is 0.967. The van der Waals surface area contributed by atoms with Gasteiger partial charge >= 0.3 is 0 Å². The van der Waals surface area contributed by atoms with E-state index in [2.05, 4.69) is 27.8 Å². The summed E-state index contributed by atoms with van der Waals surface area (Å²) in [7, 11) is 0. The van der Waals surface area contributed by atoms with Gasteiger partial charge in [-0.25, -0.2) is 0 Å². The van der Waals surface area contributed by atoms with E-state index in [4.69, 9.17) is 5.11 Å². The smallest absolute Gasteiger partial charge is 0.104 e. The molecule has 0 atom stereocenters. The van der Waals surface area contributed by atoms with Crippen LogP contribution in [0.25, 0.3) is 0 Å². The van der Waals surface area contributed by atoms with Crippen LogP contribution in [-0.4, -0.2) is 11.7 Å². The molecule has 0 fully saturated rings. The van der Waals surface area contributed by atoms with E-state index in [1.54, 1.807) is 11.3 Å². The molecule has 0 aromatic carbocycles. The lowest BCUT2D eigenvalue weighted by atomic mass is 10.4. The maximum atomic E-state index is 8.37. The molecule has 1 aromatic heterocycles. The predicted octanol–water partition coefficient (Wildman–Crippen LogP) is 1.85. The molecule has 1 heterocycles. The average Bonchev–Trinajstić information content (AvgIpc) is 2.31. The molecule has 1 N–H and O–H groups in total. The molecule has 1 rings (SSSR count). The molecule has 0 bridgehead atoms. The predicted molar refractivity (Wildman–Crippen MR) is 46.0 cm³/mol. The molecule has 0 saturated carbocycles. The molecule has 0 saturated heterocycles. The van der Waals surface area contributed by atoms with Gasteiger partial charge in [0, 0.05) is 4.47 Å². The third kappa shape index (κ3) is 1.84. The Balaban J connectivity index is 2.84. The molecule has 0 spiro atoms. The maximum absolute atomic E-state index is 8.37. The topological polar surface area (TPSA) is 20.2 Å². The molecule has 0 aliphatic rings. The quantitative estimate of drug-likeness (QED) is 0.657. The molecule has 0 radical (unpaired) electrons. The number of hydrogen-bond donors (Lipinski definition) is 1. The van der Waals surface area contributed by atoms with Crippen LogP contribution in [0.3, 0.4) is 0 Å². The number of aliphatic hydroxyl groups is 1. The Morgan fingerprint density at radius 3 is 3.00 bits per heavy atom. The van der Waals surface area contributed by atoms with Crippen molar-refractivity contribution in [3.8, 4) is 11.8 Å². The summed E-state index contributed by atoms with van der Waals surface area (Å²) in [6.07, 6.45) is 0. The summed E-state index contributed by atoms with van der Waals surface area (Å²) < 4.78 is 0.999. The van der Waals surface area contributed by atoms with Gasteiger partial charge in [0.1, 0.15) is 6.61 Å². The van der Waals surface area contributed by atoms with Gasteiger partial charge in [0.05, 0.1) is 4.88 Å². The van der Waals surface area contributed by atoms with E-state index in [0.29, 0.717) is 0 Å². The van der Waals surface area contributed by atoms with Gasteiger partial charge in [0.25, 0.3) is 0 Å². The largest absolute Gasteiger partial charge is 0.384 e. The number of aliphatic hydroxyl groups excluding tert-OH is 1. The molecule has 0 aliphatic heterocycles. The number of halogens is 1. The van der Waals surface area contributed by atoms with E-state index in [1.807, 2.05) is 11.4 Å². The summed E-state index contributed by atoms with van der Waals surface area (Å²) in [5, 5.41) is 10.3. The van der Waals surface area contributed by atoms with Crippen molar-refractivity contribution in [3.05, 3.63) is 20.8 Å². The number of thiophene rings is 1. The lowest BCUT2D eigenvalue weighted by Gasteiger charge is -1.79. The van der Waals surface area contributed by atoms with Crippen LogP contribution in [0, 0.1) is 11.8 Å². The minimum absolute atomic E-state index is 0.0790. The van der Waals surface area contributed by atoms with Crippen molar-refractivity contribution >= 4 is 27.3 Å². The van der Waals surface area contributed by atoms with Gasteiger partial charge in [-0.2, -0.15) is 0 Å². The number of hydrogen-bond acceptors (Lipinski definition) is 2. The summed E-state index contributed by atoms with van der Waals surface area (Å²) in [5.41, 5.74) is 0. The van der Waals surface area contributed by atoms with Gasteiger partial charge in [-0.1, -0.05) is 11.8 Å². The normalized spacial score (nSPS) is 8.60. The monoisotopic (exact) mass is 216 g/mol. The first-order valence-electron chi connectivity index (χ1n) is 2.67. The van der Waals surface area contributed by atoms with Crippen LogP contribution in [0.1, 0.15) is 4.88 Å². The molecule has 0 unspecified atom stereocenters. The van der Waals surface area contributed by atoms with E-state index in [1.165, 1.54) is 0 Å². The van der Waals surface area contributed by atoms with Crippen molar-refractivity contribution < 1.29 is 5.11 Å². The fourth-order valence-electron chi connectivity index (χ4n) is 0.503. The van der Waals surface area contributed by atoms with Crippen molar-refractivity contribution in [1.82, 2.24) is 0 Å². The van der Waals surface area contributed by atoms with Crippen LogP contribution in [-0.2, 0) is 0 Å². The Kier molecular flexibility index (Phi) is 2.94. The lowest BCUT2D eigenvalue weighted by Crippen LogP contribution is -1.71. The minimum Gasteiger partial charge on any atom is -0.384 e. The summed E-state index contributed by atoms with van der Waals surface area (Å²) in [6.45, 7) is -0.0790. The highest BCUT2D eigenvalue weighted by atomic mass is 79.9. The lowest BCUT2D eigenvalue weighted by molar-refractivity contribution is 0.350. The van der Waals surface area contributed by atoms with Gasteiger partial charge in [0.2, 0.25) is 0 Å². The Hall–Kier alpha value is -0.300. The second-order valence-corrected chi connectivity index (χ2v) is 3.33. The molecular weight excluding hydrogens is 212 g/mol. The zero-order valence-corrected chi connectivity index (χ0v) is 7.50. The van der Waals surface area contributed by atoms with Crippen LogP contribution in [0.4, 0.5) is 0 Å². The van der Waals surface area contributed by atoms with Crippen molar-refractivity contribution in [1.29, 1.82) is 0 Å². The van der Waals surface area contributed by atoms with Crippen LogP contribution < -0.4 is 0 Å². The van der Waals surface area contributed by atoms with E-state index in [0.717, 1.165) is 9.35 Å². The first-order chi connectivity index (χ1) is 4.84. The third-order valence-electron chi connectivity index (χ3n) is 0.898. The highest BCUT2D eigenvalue weighted by Crippen LogP contribution is 2.20. The van der Waals surface area contributed by atoms with Crippen molar-refractivity contribution in [2.75, 3.05) is 6.61 Å². The van der Waals surface area contributed by atoms with Crippen LogP contribution in [0.5, 0.6) is 0 Å². The fourth-order valence-corrected chi connectivity index (χ4v) is 1.84. The average molecular weight is 217 g/mol. The standard InChI is InChI=1S/C7H5BrOS/c8-6-3-5-10-7(6)2-1-4-9/h3,5,9H,4H2. The molecule has 1 nitrogen and oxygen atoms in total. The van der Waals surface area contributed by atoms with Crippen LogP contribution in [0.15, 0.2) is 15.9 Å². The van der Waals surface area contributed by atoms with Crippen molar-refractivity contribution in [2.24, 2.45) is 0 Å². The SMILES string of the molecule is OCC#Cc1sccc1Br. The Labute approximate surface area is 71.8 Å². The molecule has 0 aliphatic carbocycles.